The maximum Gasteiger partial charge on any atom is 0.200 e. The quantitative estimate of drug-likeness (QED) is 0.842. The number of rotatable bonds is 4. The summed E-state index contributed by atoms with van der Waals surface area (Å²) in [4.78, 5) is 18.6. The fraction of sp³-hybridized carbons (Fsp3) is 0.667. The molecule has 0 aromatic carbocycles. The van der Waals surface area contributed by atoms with E-state index >= 15 is 0 Å². The summed E-state index contributed by atoms with van der Waals surface area (Å²) < 4.78 is 0. The van der Waals surface area contributed by atoms with E-state index in [1.54, 1.807) is 6.08 Å². The summed E-state index contributed by atoms with van der Waals surface area (Å²) in [7, 11) is 0. The van der Waals surface area contributed by atoms with Crippen molar-refractivity contribution in [3.05, 3.63) is 12.2 Å². The Morgan fingerprint density at radius 1 is 1.32 bits per heavy atom. The number of likely N-dealkylation sites (tertiary alicyclic amines) is 1. The molecule has 0 aromatic rings. The van der Waals surface area contributed by atoms with Crippen LogP contribution in [0.4, 0.5) is 0 Å². The third kappa shape index (κ3) is 3.60. The Kier molecular flexibility index (Phi) is 5.02. The highest BCUT2D eigenvalue weighted by atomic mass is 16.1. The number of allylic oxidation sites excluding steroid dienone is 2. The maximum atomic E-state index is 11.9. The molecule has 19 heavy (non-hydrogen) atoms. The van der Waals surface area contributed by atoms with Gasteiger partial charge in [0.15, 0.2) is 5.78 Å². The molecule has 1 saturated heterocycles. The molecule has 1 atom stereocenters. The Morgan fingerprint density at radius 2 is 2.05 bits per heavy atom. The second-order valence-corrected chi connectivity index (χ2v) is 5.26. The summed E-state index contributed by atoms with van der Waals surface area (Å²) in [6.45, 7) is 5.83. The van der Waals surface area contributed by atoms with Crippen LogP contribution in [0.2, 0.25) is 0 Å². The lowest BCUT2D eigenvalue weighted by molar-refractivity contribution is -0.109. The molecule has 0 saturated carbocycles. The number of ketones is 1. The smallest absolute Gasteiger partial charge is 0.200 e. The summed E-state index contributed by atoms with van der Waals surface area (Å²) in [5, 5.41) is 8.02. The van der Waals surface area contributed by atoms with Crippen molar-refractivity contribution in [3.63, 3.8) is 0 Å². The predicted molar refractivity (Wildman–Crippen MR) is 78.2 cm³/mol. The highest BCUT2D eigenvalue weighted by Gasteiger charge is 2.28. The number of carbonyl (C=O) groups is 1. The summed E-state index contributed by atoms with van der Waals surface area (Å²) in [6.07, 6.45) is 7.84. The third-order valence-corrected chi connectivity index (χ3v) is 3.88. The van der Waals surface area contributed by atoms with E-state index in [-0.39, 0.29) is 11.7 Å². The van der Waals surface area contributed by atoms with Gasteiger partial charge in [-0.3, -0.25) is 9.79 Å². The SMILES string of the molecule is CCN=C1C(=O)C=CC(=N)C1CCN1CCCCC1. The first kappa shape index (κ1) is 14.1. The van der Waals surface area contributed by atoms with Crippen LogP contribution in [-0.2, 0) is 4.79 Å². The molecule has 1 N–H and O–H groups in total. The molecule has 2 rings (SSSR count). The number of carbonyl (C=O) groups excluding carboxylic acids is 1. The highest BCUT2D eigenvalue weighted by Crippen LogP contribution is 2.18. The molecule has 2 aliphatic rings. The van der Waals surface area contributed by atoms with Gasteiger partial charge in [0, 0.05) is 18.2 Å². The molecule has 0 bridgehead atoms. The normalized spacial score (nSPS) is 27.2. The number of nitrogens with zero attached hydrogens (tertiary/aromatic N) is 2. The van der Waals surface area contributed by atoms with Crippen molar-refractivity contribution in [2.24, 2.45) is 10.9 Å². The van der Waals surface area contributed by atoms with Gasteiger partial charge in [-0.2, -0.15) is 0 Å². The van der Waals surface area contributed by atoms with Crippen LogP contribution in [0.3, 0.4) is 0 Å². The first-order chi connectivity index (χ1) is 9.22. The molecule has 1 heterocycles. The molecule has 0 spiro atoms. The van der Waals surface area contributed by atoms with E-state index in [9.17, 15) is 4.79 Å². The minimum atomic E-state index is -0.0978. The van der Waals surface area contributed by atoms with E-state index in [1.165, 1.54) is 25.3 Å². The molecule has 0 amide bonds. The van der Waals surface area contributed by atoms with Crippen molar-refractivity contribution in [2.75, 3.05) is 26.2 Å². The van der Waals surface area contributed by atoms with Crippen molar-refractivity contribution in [2.45, 2.75) is 32.6 Å². The molecule has 0 aromatic heterocycles. The fourth-order valence-corrected chi connectivity index (χ4v) is 2.83. The molecule has 4 heteroatoms. The van der Waals surface area contributed by atoms with Crippen molar-refractivity contribution >= 4 is 17.2 Å². The first-order valence-electron chi connectivity index (χ1n) is 7.30. The van der Waals surface area contributed by atoms with Gasteiger partial charge in [-0.15, -0.1) is 0 Å². The minimum Gasteiger partial charge on any atom is -0.305 e. The van der Waals surface area contributed by atoms with Crippen LogP contribution in [0.5, 0.6) is 0 Å². The van der Waals surface area contributed by atoms with Gasteiger partial charge in [0.05, 0.1) is 5.71 Å². The topological polar surface area (TPSA) is 56.5 Å². The molecular formula is C15H23N3O. The fourth-order valence-electron chi connectivity index (χ4n) is 2.83. The van der Waals surface area contributed by atoms with Crippen LogP contribution in [0.1, 0.15) is 32.6 Å². The molecule has 0 radical (unpaired) electrons. The molecule has 104 valence electrons. The van der Waals surface area contributed by atoms with Crippen molar-refractivity contribution < 1.29 is 4.79 Å². The van der Waals surface area contributed by atoms with Crippen LogP contribution in [-0.4, -0.2) is 48.3 Å². The van der Waals surface area contributed by atoms with Crippen LogP contribution >= 0.6 is 0 Å². The Morgan fingerprint density at radius 3 is 2.74 bits per heavy atom. The zero-order chi connectivity index (χ0) is 13.7. The lowest BCUT2D eigenvalue weighted by Crippen LogP contribution is -2.37. The van der Waals surface area contributed by atoms with E-state index in [2.05, 4.69) is 9.89 Å². The third-order valence-electron chi connectivity index (χ3n) is 3.88. The molecular weight excluding hydrogens is 238 g/mol. The van der Waals surface area contributed by atoms with Crippen molar-refractivity contribution in [1.82, 2.24) is 4.90 Å². The molecule has 4 nitrogen and oxygen atoms in total. The number of hydrogen-bond donors (Lipinski definition) is 1. The summed E-state index contributed by atoms with van der Waals surface area (Å²) in [5.41, 5.74) is 1.12. The van der Waals surface area contributed by atoms with Crippen LogP contribution in [0.25, 0.3) is 0 Å². The lowest BCUT2D eigenvalue weighted by atomic mass is 9.86. The molecule has 1 aliphatic carbocycles. The molecule has 1 fully saturated rings. The van der Waals surface area contributed by atoms with E-state index in [4.69, 9.17) is 5.41 Å². The van der Waals surface area contributed by atoms with E-state index in [0.717, 1.165) is 26.1 Å². The first-order valence-corrected chi connectivity index (χ1v) is 7.30. The Hall–Kier alpha value is -1.29. The van der Waals surface area contributed by atoms with Crippen LogP contribution in [0, 0.1) is 11.3 Å². The number of piperidine rings is 1. The number of hydrogen-bond acceptors (Lipinski definition) is 4. The lowest BCUT2D eigenvalue weighted by Gasteiger charge is -2.29. The van der Waals surface area contributed by atoms with E-state index in [1.807, 2.05) is 6.92 Å². The zero-order valence-electron chi connectivity index (χ0n) is 11.7. The number of aliphatic imine (C=N–C) groups is 1. The van der Waals surface area contributed by atoms with Gasteiger partial charge >= 0.3 is 0 Å². The van der Waals surface area contributed by atoms with Crippen LogP contribution < -0.4 is 0 Å². The monoisotopic (exact) mass is 261 g/mol. The standard InChI is InChI=1S/C15H23N3O/c1-2-17-15-12(13(16)6-7-14(15)19)8-11-18-9-4-3-5-10-18/h6-7,12,16H,2-5,8-11H2,1H3. The Balaban J connectivity index is 1.99. The maximum absolute atomic E-state index is 11.9. The minimum absolute atomic E-state index is 0.0125. The van der Waals surface area contributed by atoms with Gasteiger partial charge in [-0.1, -0.05) is 6.42 Å². The molecule has 1 unspecified atom stereocenters. The van der Waals surface area contributed by atoms with E-state index < -0.39 is 0 Å². The van der Waals surface area contributed by atoms with Crippen LogP contribution in [0.15, 0.2) is 17.1 Å². The predicted octanol–water partition coefficient (Wildman–Crippen LogP) is 2.10. The van der Waals surface area contributed by atoms with Gasteiger partial charge in [0.1, 0.15) is 0 Å². The van der Waals surface area contributed by atoms with Gasteiger partial charge < -0.3 is 10.3 Å². The average molecular weight is 261 g/mol. The second kappa shape index (κ2) is 6.75. The van der Waals surface area contributed by atoms with Crippen molar-refractivity contribution in [1.29, 1.82) is 5.41 Å². The Labute approximate surface area is 115 Å². The highest BCUT2D eigenvalue weighted by molar-refractivity contribution is 6.50. The Bertz CT molecular complexity index is 406. The average Bonchev–Trinajstić information content (AvgIpc) is 2.43. The summed E-state index contributed by atoms with van der Waals surface area (Å²) in [5.74, 6) is -0.110. The van der Waals surface area contributed by atoms with Gasteiger partial charge in [-0.05, 0) is 58.0 Å². The number of nitrogens with one attached hydrogen (secondary N) is 1. The summed E-state index contributed by atoms with van der Waals surface area (Å²) >= 11 is 0. The second-order valence-electron chi connectivity index (χ2n) is 5.26. The van der Waals surface area contributed by atoms with Gasteiger partial charge in [-0.25, -0.2) is 0 Å². The molecule has 1 aliphatic heterocycles. The van der Waals surface area contributed by atoms with E-state index in [0.29, 0.717) is 18.0 Å². The largest absolute Gasteiger partial charge is 0.305 e. The van der Waals surface area contributed by atoms with Gasteiger partial charge in [0.2, 0.25) is 0 Å². The van der Waals surface area contributed by atoms with Gasteiger partial charge in [0.25, 0.3) is 0 Å². The van der Waals surface area contributed by atoms with Crippen molar-refractivity contribution in [3.8, 4) is 0 Å². The summed E-state index contributed by atoms with van der Waals surface area (Å²) in [6, 6.07) is 0. The zero-order valence-corrected chi connectivity index (χ0v) is 11.7.